The number of halogens is 3. The first-order chi connectivity index (χ1) is 8.47. The van der Waals surface area contributed by atoms with Crippen molar-refractivity contribution in [1.82, 2.24) is 5.32 Å². The highest BCUT2D eigenvalue weighted by molar-refractivity contribution is 5.94. The van der Waals surface area contributed by atoms with Crippen molar-refractivity contribution in [3.05, 3.63) is 35.1 Å². The van der Waals surface area contributed by atoms with Crippen molar-refractivity contribution in [3.8, 4) is 0 Å². The van der Waals surface area contributed by atoms with Crippen molar-refractivity contribution < 1.29 is 18.0 Å². The minimum Gasteiger partial charge on any atom is -0.350 e. The Bertz CT molecular complexity index is 438. The lowest BCUT2D eigenvalue weighted by Crippen LogP contribution is -2.37. The second kappa shape index (κ2) is 6.39. The van der Waals surface area contributed by atoms with Crippen LogP contribution in [0.25, 0.3) is 0 Å². The summed E-state index contributed by atoms with van der Waals surface area (Å²) in [5.74, 6) is -5.28. The molecule has 0 saturated carbocycles. The summed E-state index contributed by atoms with van der Waals surface area (Å²) in [7, 11) is 0. The number of carbonyl (C=O) groups excluding carboxylic acids is 1. The maximum Gasteiger partial charge on any atom is 0.254 e. The maximum absolute atomic E-state index is 13.3. The van der Waals surface area contributed by atoms with Crippen LogP contribution < -0.4 is 11.1 Å². The van der Waals surface area contributed by atoms with Gasteiger partial charge in [0, 0.05) is 12.6 Å². The van der Waals surface area contributed by atoms with Crippen LogP contribution in [0.5, 0.6) is 0 Å². The molecule has 0 radical (unpaired) electrons. The summed E-state index contributed by atoms with van der Waals surface area (Å²) in [5, 5.41) is 2.38. The number of carbonyl (C=O) groups is 1. The fourth-order valence-electron chi connectivity index (χ4n) is 1.49. The van der Waals surface area contributed by atoms with Gasteiger partial charge in [-0.3, -0.25) is 4.79 Å². The monoisotopic (exact) mass is 260 g/mol. The Morgan fingerprint density at radius 2 is 2.00 bits per heavy atom. The van der Waals surface area contributed by atoms with Crippen molar-refractivity contribution >= 4 is 5.91 Å². The van der Waals surface area contributed by atoms with E-state index in [0.29, 0.717) is 12.5 Å². The molecule has 18 heavy (non-hydrogen) atoms. The second-order valence-electron chi connectivity index (χ2n) is 3.98. The molecule has 3 N–H and O–H groups in total. The number of benzene rings is 1. The van der Waals surface area contributed by atoms with Crippen LogP contribution in [0.15, 0.2) is 12.1 Å². The molecule has 0 aliphatic rings. The Hall–Kier alpha value is -1.56. The minimum absolute atomic E-state index is 0.158. The third-order valence-corrected chi connectivity index (χ3v) is 2.46. The van der Waals surface area contributed by atoms with Crippen molar-refractivity contribution in [2.45, 2.75) is 25.8 Å². The standard InChI is InChI=1S/C12H15F3N2O/c1-2-3-7(16)6-17-12(18)8-4-5-9(13)11(15)10(8)14/h4-5,7H,2-3,6,16H2,1H3,(H,17,18). The quantitative estimate of drug-likeness (QED) is 0.795. The second-order valence-corrected chi connectivity index (χ2v) is 3.98. The number of rotatable bonds is 5. The molecule has 1 aromatic carbocycles. The molecule has 1 rings (SSSR count). The first-order valence-corrected chi connectivity index (χ1v) is 5.64. The van der Waals surface area contributed by atoms with Crippen LogP contribution in [0, 0.1) is 17.5 Å². The van der Waals surface area contributed by atoms with Crippen molar-refractivity contribution in [3.63, 3.8) is 0 Å². The Morgan fingerprint density at radius 3 is 2.61 bits per heavy atom. The Morgan fingerprint density at radius 1 is 1.33 bits per heavy atom. The largest absolute Gasteiger partial charge is 0.350 e. The molecule has 6 heteroatoms. The fourth-order valence-corrected chi connectivity index (χ4v) is 1.49. The van der Waals surface area contributed by atoms with E-state index < -0.39 is 28.9 Å². The summed E-state index contributed by atoms with van der Waals surface area (Å²) in [6.45, 7) is 2.10. The lowest BCUT2D eigenvalue weighted by atomic mass is 10.1. The molecule has 0 bridgehead atoms. The van der Waals surface area contributed by atoms with Crippen LogP contribution in [0.4, 0.5) is 13.2 Å². The summed E-state index contributed by atoms with van der Waals surface area (Å²) in [5.41, 5.74) is 5.13. The van der Waals surface area contributed by atoms with E-state index in [9.17, 15) is 18.0 Å². The molecule has 0 saturated heterocycles. The van der Waals surface area contributed by atoms with E-state index in [-0.39, 0.29) is 12.6 Å². The van der Waals surface area contributed by atoms with Gasteiger partial charge in [-0.1, -0.05) is 13.3 Å². The Balaban J connectivity index is 2.71. The predicted molar refractivity (Wildman–Crippen MR) is 61.5 cm³/mol. The SMILES string of the molecule is CCCC(N)CNC(=O)c1ccc(F)c(F)c1F. The van der Waals surface area contributed by atoms with Gasteiger partial charge in [0.2, 0.25) is 0 Å². The zero-order valence-corrected chi connectivity index (χ0v) is 9.97. The lowest BCUT2D eigenvalue weighted by molar-refractivity contribution is 0.0945. The lowest BCUT2D eigenvalue weighted by Gasteiger charge is -2.12. The normalized spacial score (nSPS) is 12.3. The average molecular weight is 260 g/mol. The van der Waals surface area contributed by atoms with Gasteiger partial charge in [0.05, 0.1) is 5.56 Å². The third kappa shape index (κ3) is 3.46. The van der Waals surface area contributed by atoms with Crippen molar-refractivity contribution in [1.29, 1.82) is 0 Å². The highest BCUT2D eigenvalue weighted by atomic mass is 19.2. The number of nitrogens with one attached hydrogen (secondary N) is 1. The van der Waals surface area contributed by atoms with Gasteiger partial charge in [0.1, 0.15) is 0 Å². The summed E-state index contributed by atoms with van der Waals surface area (Å²) >= 11 is 0. The highest BCUT2D eigenvalue weighted by Crippen LogP contribution is 2.14. The fraction of sp³-hybridized carbons (Fsp3) is 0.417. The molecule has 1 unspecified atom stereocenters. The Kier molecular flexibility index (Phi) is 5.15. The molecule has 3 nitrogen and oxygen atoms in total. The summed E-state index contributed by atoms with van der Waals surface area (Å²) in [4.78, 5) is 11.5. The van der Waals surface area contributed by atoms with E-state index in [1.807, 2.05) is 6.92 Å². The molecule has 1 atom stereocenters. The van der Waals surface area contributed by atoms with E-state index in [4.69, 9.17) is 5.73 Å². The summed E-state index contributed by atoms with van der Waals surface area (Å²) < 4.78 is 38.9. The van der Waals surface area contributed by atoms with Crippen LogP contribution in [0.3, 0.4) is 0 Å². The Labute approximate surface area is 103 Å². The van der Waals surface area contributed by atoms with Crippen LogP contribution in [0.1, 0.15) is 30.1 Å². The molecule has 0 heterocycles. The van der Waals surface area contributed by atoms with Gasteiger partial charge in [0.15, 0.2) is 17.5 Å². The predicted octanol–water partition coefficient (Wildman–Crippen LogP) is 1.96. The smallest absolute Gasteiger partial charge is 0.254 e. The molecule has 0 aliphatic carbocycles. The highest BCUT2D eigenvalue weighted by Gasteiger charge is 2.18. The number of amides is 1. The molecule has 1 aromatic rings. The first kappa shape index (κ1) is 14.5. The summed E-state index contributed by atoms with van der Waals surface area (Å²) in [6.07, 6.45) is 1.57. The zero-order chi connectivity index (χ0) is 13.7. The molecule has 0 aromatic heterocycles. The molecule has 100 valence electrons. The van der Waals surface area contributed by atoms with E-state index in [0.717, 1.165) is 12.5 Å². The van der Waals surface area contributed by atoms with Crippen LogP contribution in [-0.2, 0) is 0 Å². The summed E-state index contributed by atoms with van der Waals surface area (Å²) in [6, 6.07) is 1.36. The minimum atomic E-state index is -1.65. The van der Waals surface area contributed by atoms with Gasteiger partial charge < -0.3 is 11.1 Å². The first-order valence-electron chi connectivity index (χ1n) is 5.64. The average Bonchev–Trinajstić information content (AvgIpc) is 2.34. The van der Waals surface area contributed by atoms with Gasteiger partial charge >= 0.3 is 0 Å². The maximum atomic E-state index is 13.3. The molecule has 0 fully saturated rings. The van der Waals surface area contributed by atoms with Gasteiger partial charge in [0.25, 0.3) is 5.91 Å². The van der Waals surface area contributed by atoms with Crippen LogP contribution in [-0.4, -0.2) is 18.5 Å². The van der Waals surface area contributed by atoms with Crippen LogP contribution >= 0.6 is 0 Å². The van der Waals surface area contributed by atoms with Gasteiger partial charge in [-0.2, -0.15) is 0 Å². The van der Waals surface area contributed by atoms with Gasteiger partial charge in [-0.25, -0.2) is 13.2 Å². The number of nitrogens with two attached hydrogens (primary N) is 1. The topological polar surface area (TPSA) is 55.1 Å². The molecule has 0 spiro atoms. The molecule has 0 aliphatic heterocycles. The van der Waals surface area contributed by atoms with Crippen LogP contribution in [0.2, 0.25) is 0 Å². The van der Waals surface area contributed by atoms with E-state index >= 15 is 0 Å². The van der Waals surface area contributed by atoms with Crippen molar-refractivity contribution in [2.24, 2.45) is 5.73 Å². The molecule has 1 amide bonds. The zero-order valence-electron chi connectivity index (χ0n) is 9.97. The molecular formula is C12H15F3N2O. The van der Waals surface area contributed by atoms with Crippen molar-refractivity contribution in [2.75, 3.05) is 6.54 Å². The number of hydrogen-bond acceptors (Lipinski definition) is 2. The van der Waals surface area contributed by atoms with E-state index in [1.54, 1.807) is 0 Å². The van der Waals surface area contributed by atoms with E-state index in [2.05, 4.69) is 5.32 Å². The number of hydrogen-bond donors (Lipinski definition) is 2. The van der Waals surface area contributed by atoms with E-state index in [1.165, 1.54) is 0 Å². The van der Waals surface area contributed by atoms with Gasteiger partial charge in [-0.05, 0) is 18.6 Å². The molecular weight excluding hydrogens is 245 g/mol. The third-order valence-electron chi connectivity index (χ3n) is 2.46. The van der Waals surface area contributed by atoms with Gasteiger partial charge in [-0.15, -0.1) is 0 Å².